The van der Waals surface area contributed by atoms with E-state index >= 15 is 0 Å². The first-order valence-corrected chi connectivity index (χ1v) is 19.7. The van der Waals surface area contributed by atoms with E-state index in [9.17, 15) is 0 Å². The number of thiophene rings is 1. The molecule has 0 saturated carbocycles. The number of rotatable bonds is 5. The van der Waals surface area contributed by atoms with Crippen molar-refractivity contribution < 1.29 is 8.83 Å². The quantitative estimate of drug-likeness (QED) is 0.175. The molecule has 0 amide bonds. The first-order chi connectivity index (χ1) is 28.2. The molecule has 0 saturated heterocycles. The lowest BCUT2D eigenvalue weighted by molar-refractivity contribution is 0.669. The maximum Gasteiger partial charge on any atom is 0.164 e. The number of hydrogen-bond acceptors (Lipinski definition) is 6. The van der Waals surface area contributed by atoms with Crippen molar-refractivity contribution in [3.8, 4) is 56.4 Å². The zero-order chi connectivity index (χ0) is 37.5. The summed E-state index contributed by atoms with van der Waals surface area (Å²) in [5.41, 5.74) is 10.5. The van der Waals surface area contributed by atoms with E-state index in [1.807, 2.05) is 72.0 Å². The van der Waals surface area contributed by atoms with Gasteiger partial charge in [-0.2, -0.15) is 0 Å². The van der Waals surface area contributed by atoms with Crippen LogP contribution in [0.2, 0.25) is 0 Å². The minimum Gasteiger partial charge on any atom is -0.456 e. The summed E-state index contributed by atoms with van der Waals surface area (Å²) in [7, 11) is 0. The van der Waals surface area contributed by atoms with Crippen molar-refractivity contribution in [1.82, 2.24) is 15.0 Å². The third-order valence-corrected chi connectivity index (χ3v) is 12.1. The molecule has 57 heavy (non-hydrogen) atoms. The van der Waals surface area contributed by atoms with E-state index in [2.05, 4.69) is 115 Å². The Hall–Kier alpha value is -7.41. The van der Waals surface area contributed by atoms with Gasteiger partial charge in [-0.3, -0.25) is 0 Å². The molecule has 4 heterocycles. The van der Waals surface area contributed by atoms with E-state index in [0.29, 0.717) is 17.5 Å². The van der Waals surface area contributed by atoms with E-state index in [0.717, 1.165) is 77.3 Å². The predicted octanol–water partition coefficient (Wildman–Crippen LogP) is 14.4. The molecule has 0 N–H and O–H groups in total. The average Bonchev–Trinajstić information content (AvgIpc) is 3.97. The Morgan fingerprint density at radius 1 is 0.333 bits per heavy atom. The van der Waals surface area contributed by atoms with Gasteiger partial charge in [0.25, 0.3) is 0 Å². The third kappa shape index (κ3) is 5.19. The Labute approximate surface area is 330 Å². The van der Waals surface area contributed by atoms with Gasteiger partial charge in [-0.05, 0) is 59.2 Å². The molecule has 0 atom stereocenters. The summed E-state index contributed by atoms with van der Waals surface area (Å²) < 4.78 is 15.5. The van der Waals surface area contributed by atoms with Crippen LogP contribution in [0.1, 0.15) is 0 Å². The van der Waals surface area contributed by atoms with Crippen LogP contribution in [0.4, 0.5) is 0 Å². The number of benzene rings is 8. The summed E-state index contributed by atoms with van der Waals surface area (Å²) in [5, 5.41) is 6.96. The van der Waals surface area contributed by atoms with Gasteiger partial charge >= 0.3 is 0 Å². The summed E-state index contributed by atoms with van der Waals surface area (Å²) in [5.74, 6) is 1.78. The third-order valence-electron chi connectivity index (χ3n) is 11.0. The standard InChI is InChI=1S/C51H29N3O2S/c1-2-10-31(11-3-1)49-52-50(54-51(53-49)34-23-24-38-37-12-4-7-15-42(37)55-44(38)28-34)32-20-18-30(19-21-32)36-27-26-35(47-41-14-5-8-16-43(41)56-48(36)47)33-22-25-40-39-13-6-9-17-45(39)57-46(40)29-33/h1-29H. The Morgan fingerprint density at radius 2 is 0.877 bits per heavy atom. The molecule has 0 bridgehead atoms. The highest BCUT2D eigenvalue weighted by atomic mass is 32.1. The fraction of sp³-hybridized carbons (Fsp3) is 0. The molecule has 0 spiro atoms. The summed E-state index contributed by atoms with van der Waals surface area (Å²) in [4.78, 5) is 15.0. The summed E-state index contributed by atoms with van der Waals surface area (Å²) >= 11 is 1.84. The molecule has 0 radical (unpaired) electrons. The zero-order valence-electron chi connectivity index (χ0n) is 30.3. The first-order valence-electron chi connectivity index (χ1n) is 18.9. The van der Waals surface area contributed by atoms with Crippen molar-refractivity contribution in [2.45, 2.75) is 0 Å². The fourth-order valence-corrected chi connectivity index (χ4v) is 9.35. The Morgan fingerprint density at radius 3 is 1.68 bits per heavy atom. The Bertz CT molecular complexity index is 3530. The smallest absolute Gasteiger partial charge is 0.164 e. The molecule has 0 unspecified atom stereocenters. The molecule has 266 valence electrons. The number of nitrogens with zero attached hydrogens (tertiary/aromatic N) is 3. The highest BCUT2D eigenvalue weighted by Gasteiger charge is 2.19. The Kier molecular flexibility index (Phi) is 7.03. The molecule has 12 rings (SSSR count). The number of para-hydroxylation sites is 2. The lowest BCUT2D eigenvalue weighted by Gasteiger charge is -2.10. The van der Waals surface area contributed by atoms with Crippen molar-refractivity contribution in [2.75, 3.05) is 0 Å². The van der Waals surface area contributed by atoms with Gasteiger partial charge in [0.1, 0.15) is 22.3 Å². The van der Waals surface area contributed by atoms with Crippen LogP contribution in [0.25, 0.3) is 120 Å². The second kappa shape index (κ2) is 12.6. The summed E-state index contributed by atoms with van der Waals surface area (Å²) in [6, 6.07) is 61.0. The minimum atomic E-state index is 0.582. The highest BCUT2D eigenvalue weighted by Crippen LogP contribution is 2.44. The van der Waals surface area contributed by atoms with Crippen LogP contribution in [0, 0.1) is 0 Å². The van der Waals surface area contributed by atoms with Crippen molar-refractivity contribution >= 4 is 75.4 Å². The van der Waals surface area contributed by atoms with Gasteiger partial charge in [0.05, 0.1) is 0 Å². The van der Waals surface area contributed by atoms with Crippen molar-refractivity contribution in [3.63, 3.8) is 0 Å². The van der Waals surface area contributed by atoms with Crippen LogP contribution >= 0.6 is 11.3 Å². The number of hydrogen-bond donors (Lipinski definition) is 0. The van der Waals surface area contributed by atoms with Gasteiger partial charge in [0, 0.05) is 64.0 Å². The van der Waals surface area contributed by atoms with Crippen LogP contribution in [-0.4, -0.2) is 15.0 Å². The van der Waals surface area contributed by atoms with E-state index in [1.54, 1.807) is 0 Å². The fourth-order valence-electron chi connectivity index (χ4n) is 8.20. The molecule has 0 aliphatic carbocycles. The molecular formula is C51H29N3O2S. The van der Waals surface area contributed by atoms with E-state index in [4.69, 9.17) is 23.8 Å². The Balaban J connectivity index is 0.968. The maximum atomic E-state index is 6.69. The second-order valence-electron chi connectivity index (χ2n) is 14.3. The van der Waals surface area contributed by atoms with Gasteiger partial charge in [-0.15, -0.1) is 11.3 Å². The van der Waals surface area contributed by atoms with Gasteiger partial charge < -0.3 is 8.83 Å². The summed E-state index contributed by atoms with van der Waals surface area (Å²) in [6.07, 6.45) is 0. The molecule has 0 aliphatic rings. The summed E-state index contributed by atoms with van der Waals surface area (Å²) in [6.45, 7) is 0. The second-order valence-corrected chi connectivity index (χ2v) is 15.4. The molecule has 0 aliphatic heterocycles. The van der Waals surface area contributed by atoms with Crippen molar-refractivity contribution in [2.24, 2.45) is 0 Å². The van der Waals surface area contributed by atoms with E-state index < -0.39 is 0 Å². The topological polar surface area (TPSA) is 65.0 Å². The van der Waals surface area contributed by atoms with Crippen LogP contribution in [-0.2, 0) is 0 Å². The van der Waals surface area contributed by atoms with Crippen LogP contribution in [0.3, 0.4) is 0 Å². The lowest BCUT2D eigenvalue weighted by Crippen LogP contribution is -2.00. The maximum absolute atomic E-state index is 6.69. The molecule has 6 heteroatoms. The van der Waals surface area contributed by atoms with Gasteiger partial charge in [-0.25, -0.2) is 15.0 Å². The molecule has 5 nitrogen and oxygen atoms in total. The lowest BCUT2D eigenvalue weighted by atomic mass is 9.94. The van der Waals surface area contributed by atoms with Crippen LogP contribution in [0.5, 0.6) is 0 Å². The SMILES string of the molecule is c1ccc(-c2nc(-c3ccc(-c4ccc(-c5ccc6c(c5)sc5ccccc56)c5c4oc4ccccc45)cc3)nc(-c3ccc4c(c3)oc3ccccc34)n2)cc1. The zero-order valence-corrected chi connectivity index (χ0v) is 31.1. The largest absolute Gasteiger partial charge is 0.456 e. The number of fused-ring (bicyclic) bond motifs is 9. The number of furan rings is 2. The minimum absolute atomic E-state index is 0.582. The monoisotopic (exact) mass is 747 g/mol. The normalized spacial score (nSPS) is 11.9. The average molecular weight is 748 g/mol. The molecule has 0 fully saturated rings. The van der Waals surface area contributed by atoms with Gasteiger partial charge in [-0.1, -0.05) is 133 Å². The first kappa shape index (κ1) is 31.9. The van der Waals surface area contributed by atoms with Gasteiger partial charge in [0.15, 0.2) is 17.5 Å². The van der Waals surface area contributed by atoms with Crippen LogP contribution in [0.15, 0.2) is 185 Å². The molecule has 4 aromatic heterocycles. The van der Waals surface area contributed by atoms with Crippen LogP contribution < -0.4 is 0 Å². The van der Waals surface area contributed by atoms with Crippen molar-refractivity contribution in [1.29, 1.82) is 0 Å². The predicted molar refractivity (Wildman–Crippen MR) is 234 cm³/mol. The molecule has 8 aromatic carbocycles. The van der Waals surface area contributed by atoms with Gasteiger partial charge in [0.2, 0.25) is 0 Å². The van der Waals surface area contributed by atoms with Crippen molar-refractivity contribution in [3.05, 3.63) is 176 Å². The number of aromatic nitrogens is 3. The molecular weight excluding hydrogens is 719 g/mol. The van der Waals surface area contributed by atoms with E-state index in [-0.39, 0.29) is 0 Å². The van der Waals surface area contributed by atoms with E-state index in [1.165, 1.54) is 25.7 Å². The molecule has 12 aromatic rings. The highest BCUT2D eigenvalue weighted by molar-refractivity contribution is 7.25.